The van der Waals surface area contributed by atoms with Crippen molar-refractivity contribution in [1.29, 1.82) is 0 Å². The van der Waals surface area contributed by atoms with Crippen molar-refractivity contribution in [2.75, 3.05) is 18.0 Å². The van der Waals surface area contributed by atoms with Gasteiger partial charge in [-0.15, -0.1) is 11.6 Å². The van der Waals surface area contributed by atoms with E-state index >= 15 is 0 Å². The Balaban J connectivity index is 2.33. The number of pyridine rings is 1. The molecule has 1 aliphatic heterocycles. The number of hydrogen-bond donors (Lipinski definition) is 0. The van der Waals surface area contributed by atoms with Crippen LogP contribution in [0.1, 0.15) is 57.7 Å². The average Bonchev–Trinajstić information content (AvgIpc) is 2.66. The fourth-order valence-electron chi connectivity index (χ4n) is 2.49. The molecular weight excluding hydrogens is 256 g/mol. The van der Waals surface area contributed by atoms with Crippen LogP contribution < -0.4 is 4.90 Å². The first kappa shape index (κ1) is 14.6. The van der Waals surface area contributed by atoms with Gasteiger partial charge < -0.3 is 4.90 Å². The third-order valence-electron chi connectivity index (χ3n) is 3.72. The molecule has 1 aromatic rings. The zero-order chi connectivity index (χ0) is 13.9. The van der Waals surface area contributed by atoms with Gasteiger partial charge in [-0.05, 0) is 30.5 Å². The third-order valence-corrected chi connectivity index (χ3v) is 4.03. The SMILES string of the molecule is CC(C)(C)c1cc(CCl)cc(N2CCCCCC2)n1. The van der Waals surface area contributed by atoms with Crippen LogP contribution in [0, 0.1) is 0 Å². The summed E-state index contributed by atoms with van der Waals surface area (Å²) in [5.41, 5.74) is 2.40. The molecule has 0 aromatic carbocycles. The zero-order valence-corrected chi connectivity index (χ0v) is 13.1. The quantitative estimate of drug-likeness (QED) is 0.742. The van der Waals surface area contributed by atoms with Gasteiger partial charge >= 0.3 is 0 Å². The van der Waals surface area contributed by atoms with E-state index in [4.69, 9.17) is 16.6 Å². The second-order valence-corrected chi connectivity index (χ2v) is 6.77. The lowest BCUT2D eigenvalue weighted by Gasteiger charge is -2.25. The van der Waals surface area contributed by atoms with E-state index < -0.39 is 0 Å². The highest BCUT2D eigenvalue weighted by molar-refractivity contribution is 6.17. The first-order chi connectivity index (χ1) is 9.00. The molecule has 0 atom stereocenters. The highest BCUT2D eigenvalue weighted by Gasteiger charge is 2.19. The normalized spacial score (nSPS) is 17.4. The predicted octanol–water partition coefficient (Wildman–Crippen LogP) is 4.50. The van der Waals surface area contributed by atoms with Crippen LogP contribution in [0.4, 0.5) is 5.82 Å². The van der Waals surface area contributed by atoms with Gasteiger partial charge in [-0.25, -0.2) is 4.98 Å². The number of aromatic nitrogens is 1. The van der Waals surface area contributed by atoms with Gasteiger partial charge in [0.1, 0.15) is 5.82 Å². The van der Waals surface area contributed by atoms with Crippen LogP contribution in [0.2, 0.25) is 0 Å². The van der Waals surface area contributed by atoms with Crippen molar-refractivity contribution in [2.24, 2.45) is 0 Å². The second kappa shape index (κ2) is 6.13. The Hall–Kier alpha value is -0.760. The Labute approximate surface area is 122 Å². The number of anilines is 1. The van der Waals surface area contributed by atoms with Crippen LogP contribution >= 0.6 is 11.6 Å². The molecule has 1 aliphatic rings. The van der Waals surface area contributed by atoms with E-state index in [-0.39, 0.29) is 5.41 Å². The molecular formula is C16H25ClN2. The molecule has 1 fully saturated rings. The van der Waals surface area contributed by atoms with Gasteiger partial charge in [0.25, 0.3) is 0 Å². The highest BCUT2D eigenvalue weighted by Crippen LogP contribution is 2.26. The van der Waals surface area contributed by atoms with E-state index in [1.165, 1.54) is 31.2 Å². The topological polar surface area (TPSA) is 16.1 Å². The molecule has 2 heterocycles. The van der Waals surface area contributed by atoms with Gasteiger partial charge in [0.2, 0.25) is 0 Å². The molecule has 0 saturated carbocycles. The fraction of sp³-hybridized carbons (Fsp3) is 0.688. The summed E-state index contributed by atoms with van der Waals surface area (Å²) >= 11 is 6.05. The Morgan fingerprint density at radius 3 is 2.26 bits per heavy atom. The average molecular weight is 281 g/mol. The molecule has 0 amide bonds. The molecule has 3 heteroatoms. The van der Waals surface area contributed by atoms with Crippen molar-refractivity contribution >= 4 is 17.4 Å². The summed E-state index contributed by atoms with van der Waals surface area (Å²) in [4.78, 5) is 7.31. The molecule has 0 spiro atoms. The largest absolute Gasteiger partial charge is 0.357 e. The monoisotopic (exact) mass is 280 g/mol. The lowest BCUT2D eigenvalue weighted by molar-refractivity contribution is 0.566. The lowest BCUT2D eigenvalue weighted by Crippen LogP contribution is -2.26. The first-order valence-corrected chi connectivity index (χ1v) is 7.86. The molecule has 106 valence electrons. The van der Waals surface area contributed by atoms with Crippen molar-refractivity contribution in [3.63, 3.8) is 0 Å². The zero-order valence-electron chi connectivity index (χ0n) is 12.4. The third kappa shape index (κ3) is 3.85. The summed E-state index contributed by atoms with van der Waals surface area (Å²) in [5, 5.41) is 0. The standard InChI is InChI=1S/C16H25ClN2/c1-16(2,3)14-10-13(12-17)11-15(18-14)19-8-6-4-5-7-9-19/h10-11H,4-9,12H2,1-3H3. The molecule has 2 nitrogen and oxygen atoms in total. The summed E-state index contributed by atoms with van der Waals surface area (Å²) in [6.07, 6.45) is 5.24. The van der Waals surface area contributed by atoms with Gasteiger partial charge in [-0.2, -0.15) is 0 Å². The van der Waals surface area contributed by atoms with Crippen LogP contribution in [-0.2, 0) is 11.3 Å². The maximum absolute atomic E-state index is 6.05. The number of rotatable bonds is 2. The minimum absolute atomic E-state index is 0.0721. The Bertz CT molecular complexity index is 415. The van der Waals surface area contributed by atoms with Crippen LogP contribution in [0.5, 0.6) is 0 Å². The van der Waals surface area contributed by atoms with E-state index in [1.807, 2.05) is 0 Å². The lowest BCUT2D eigenvalue weighted by atomic mass is 9.91. The van der Waals surface area contributed by atoms with E-state index in [9.17, 15) is 0 Å². The van der Waals surface area contributed by atoms with Gasteiger partial charge in [0.05, 0.1) is 0 Å². The van der Waals surface area contributed by atoms with Crippen molar-refractivity contribution in [1.82, 2.24) is 4.98 Å². The Morgan fingerprint density at radius 2 is 1.74 bits per heavy atom. The van der Waals surface area contributed by atoms with Gasteiger partial charge in [-0.1, -0.05) is 33.6 Å². The molecule has 2 rings (SSSR count). The van der Waals surface area contributed by atoms with Crippen LogP contribution in [-0.4, -0.2) is 18.1 Å². The maximum Gasteiger partial charge on any atom is 0.129 e. The van der Waals surface area contributed by atoms with E-state index in [0.717, 1.165) is 24.6 Å². The molecule has 0 N–H and O–H groups in total. The van der Waals surface area contributed by atoms with Crippen LogP contribution in [0.25, 0.3) is 0 Å². The summed E-state index contributed by atoms with van der Waals surface area (Å²) in [6.45, 7) is 8.88. The van der Waals surface area contributed by atoms with Crippen LogP contribution in [0.3, 0.4) is 0 Å². The molecule has 1 aromatic heterocycles. The predicted molar refractivity (Wildman–Crippen MR) is 83.2 cm³/mol. The highest BCUT2D eigenvalue weighted by atomic mass is 35.5. The first-order valence-electron chi connectivity index (χ1n) is 7.33. The minimum Gasteiger partial charge on any atom is -0.357 e. The van der Waals surface area contributed by atoms with E-state index in [2.05, 4.69) is 37.8 Å². The second-order valence-electron chi connectivity index (χ2n) is 6.50. The fourth-order valence-corrected chi connectivity index (χ4v) is 2.65. The van der Waals surface area contributed by atoms with Gasteiger partial charge in [0.15, 0.2) is 0 Å². The summed E-state index contributed by atoms with van der Waals surface area (Å²) in [7, 11) is 0. The Kier molecular flexibility index (Phi) is 4.72. The van der Waals surface area contributed by atoms with E-state index in [1.54, 1.807) is 0 Å². The van der Waals surface area contributed by atoms with Gasteiger partial charge in [0, 0.05) is 30.1 Å². The molecule has 0 radical (unpaired) electrons. The maximum atomic E-state index is 6.05. The van der Waals surface area contributed by atoms with Crippen molar-refractivity contribution in [2.45, 2.75) is 57.7 Å². The number of alkyl halides is 1. The number of halogens is 1. The molecule has 1 saturated heterocycles. The Morgan fingerprint density at radius 1 is 1.11 bits per heavy atom. The molecule has 0 bridgehead atoms. The summed E-state index contributed by atoms with van der Waals surface area (Å²) in [5.74, 6) is 1.68. The number of hydrogen-bond acceptors (Lipinski definition) is 2. The molecule has 0 aliphatic carbocycles. The van der Waals surface area contributed by atoms with Gasteiger partial charge in [-0.3, -0.25) is 0 Å². The summed E-state index contributed by atoms with van der Waals surface area (Å²) in [6, 6.07) is 4.31. The summed E-state index contributed by atoms with van der Waals surface area (Å²) < 4.78 is 0. The van der Waals surface area contributed by atoms with E-state index in [0.29, 0.717) is 5.88 Å². The molecule has 19 heavy (non-hydrogen) atoms. The minimum atomic E-state index is 0.0721. The smallest absolute Gasteiger partial charge is 0.129 e. The number of nitrogens with zero attached hydrogens (tertiary/aromatic N) is 2. The van der Waals surface area contributed by atoms with Crippen LogP contribution in [0.15, 0.2) is 12.1 Å². The van der Waals surface area contributed by atoms with Crippen molar-refractivity contribution in [3.05, 3.63) is 23.4 Å². The molecule has 0 unspecified atom stereocenters. The van der Waals surface area contributed by atoms with Crippen molar-refractivity contribution in [3.8, 4) is 0 Å². The van der Waals surface area contributed by atoms with Crippen molar-refractivity contribution < 1.29 is 0 Å².